The summed E-state index contributed by atoms with van der Waals surface area (Å²) in [7, 11) is 0. The Morgan fingerprint density at radius 3 is 2.66 bits per heavy atom. The van der Waals surface area contributed by atoms with Crippen LogP contribution in [0.15, 0.2) is 36.7 Å². The van der Waals surface area contributed by atoms with Crippen molar-refractivity contribution in [2.45, 2.75) is 26.4 Å². The van der Waals surface area contributed by atoms with Crippen LogP contribution in [0.1, 0.15) is 25.5 Å². The molecular formula is C21H25ClN6O. The molecule has 1 aliphatic rings. The number of hydrogen-bond acceptors (Lipinski definition) is 6. The molecule has 0 spiro atoms. The summed E-state index contributed by atoms with van der Waals surface area (Å²) < 4.78 is 7.22. The van der Waals surface area contributed by atoms with Crippen molar-refractivity contribution in [3.05, 3.63) is 47.2 Å². The largest absolute Gasteiger partial charge is 0.383 e. The van der Waals surface area contributed by atoms with E-state index in [0.29, 0.717) is 11.5 Å². The second-order valence-corrected chi connectivity index (χ2v) is 7.94. The number of ether oxygens (including phenoxy) is 1. The van der Waals surface area contributed by atoms with Gasteiger partial charge in [-0.2, -0.15) is 0 Å². The van der Waals surface area contributed by atoms with Crippen LogP contribution in [0.4, 0.5) is 5.82 Å². The van der Waals surface area contributed by atoms with Gasteiger partial charge in [0.15, 0.2) is 0 Å². The van der Waals surface area contributed by atoms with Crippen molar-refractivity contribution < 1.29 is 4.74 Å². The maximum Gasteiger partial charge on any atom is 0.132 e. The predicted octanol–water partition coefficient (Wildman–Crippen LogP) is 3.66. The fourth-order valence-corrected chi connectivity index (χ4v) is 3.59. The van der Waals surface area contributed by atoms with E-state index in [-0.39, 0.29) is 6.04 Å². The third-order valence-corrected chi connectivity index (χ3v) is 5.47. The van der Waals surface area contributed by atoms with Gasteiger partial charge in [-0.05, 0) is 37.1 Å². The molecule has 0 radical (unpaired) electrons. The van der Waals surface area contributed by atoms with Crippen LogP contribution < -0.4 is 5.73 Å². The van der Waals surface area contributed by atoms with E-state index in [1.54, 1.807) is 10.9 Å². The zero-order chi connectivity index (χ0) is 20.4. The molecule has 2 aromatic heterocycles. The van der Waals surface area contributed by atoms with Gasteiger partial charge in [0.2, 0.25) is 0 Å². The smallest absolute Gasteiger partial charge is 0.132 e. The lowest BCUT2D eigenvalue weighted by Crippen LogP contribution is -2.35. The minimum absolute atomic E-state index is 0.228. The summed E-state index contributed by atoms with van der Waals surface area (Å²) >= 11 is 6.60. The summed E-state index contributed by atoms with van der Waals surface area (Å²) in [5.41, 5.74) is 10.6. The number of aromatic nitrogens is 4. The number of pyridine rings is 1. The third-order valence-electron chi connectivity index (χ3n) is 5.12. The van der Waals surface area contributed by atoms with Crippen LogP contribution in [0.2, 0.25) is 5.02 Å². The van der Waals surface area contributed by atoms with E-state index in [1.807, 2.05) is 18.3 Å². The molecule has 0 amide bonds. The van der Waals surface area contributed by atoms with Gasteiger partial charge < -0.3 is 10.5 Å². The van der Waals surface area contributed by atoms with Crippen molar-refractivity contribution in [3.8, 4) is 22.4 Å². The number of nitrogen functional groups attached to an aromatic ring is 1. The average Bonchev–Trinajstić information content (AvgIpc) is 3.21. The molecule has 1 aromatic carbocycles. The van der Waals surface area contributed by atoms with E-state index in [9.17, 15) is 0 Å². The highest BCUT2D eigenvalue weighted by atomic mass is 35.5. The van der Waals surface area contributed by atoms with Crippen LogP contribution in [-0.4, -0.2) is 51.2 Å². The Hall–Kier alpha value is -2.48. The summed E-state index contributed by atoms with van der Waals surface area (Å²) in [4.78, 5) is 6.72. The Morgan fingerprint density at radius 2 is 1.97 bits per heavy atom. The van der Waals surface area contributed by atoms with Crippen molar-refractivity contribution in [2.24, 2.45) is 0 Å². The normalized spacial score (nSPS) is 15.2. The average molecular weight is 413 g/mol. The number of nitrogens with two attached hydrogens (primary N) is 1. The van der Waals surface area contributed by atoms with Gasteiger partial charge in [0.25, 0.3) is 0 Å². The Bertz CT molecular complexity index is 997. The summed E-state index contributed by atoms with van der Waals surface area (Å²) in [6.07, 6.45) is 3.65. The SMILES string of the molecule is CC(C)n1cc(-c2cc(-c3ccc(CN4CCOCC4)c(Cl)c3)cnc2N)nn1. The second kappa shape index (κ2) is 8.49. The molecule has 8 heteroatoms. The summed E-state index contributed by atoms with van der Waals surface area (Å²) in [5.74, 6) is 0.430. The number of halogens is 1. The van der Waals surface area contributed by atoms with E-state index in [0.717, 1.165) is 60.1 Å². The summed E-state index contributed by atoms with van der Waals surface area (Å²) in [6, 6.07) is 8.36. The molecule has 0 bridgehead atoms. The molecular weight excluding hydrogens is 388 g/mol. The molecule has 3 aromatic rings. The minimum Gasteiger partial charge on any atom is -0.383 e. The molecule has 0 unspecified atom stereocenters. The van der Waals surface area contributed by atoms with E-state index in [1.165, 1.54) is 0 Å². The molecule has 2 N–H and O–H groups in total. The van der Waals surface area contributed by atoms with Crippen molar-refractivity contribution in [1.29, 1.82) is 0 Å². The van der Waals surface area contributed by atoms with Gasteiger partial charge in [0, 0.05) is 48.0 Å². The maximum atomic E-state index is 6.60. The molecule has 0 saturated carbocycles. The quantitative estimate of drug-likeness (QED) is 0.688. The Labute approximate surface area is 175 Å². The first-order valence-corrected chi connectivity index (χ1v) is 10.2. The summed E-state index contributed by atoms with van der Waals surface area (Å²) in [6.45, 7) is 8.34. The van der Waals surface area contributed by atoms with Gasteiger partial charge in [-0.3, -0.25) is 4.90 Å². The topological polar surface area (TPSA) is 82.1 Å². The van der Waals surface area contributed by atoms with Crippen molar-refractivity contribution >= 4 is 17.4 Å². The molecule has 1 aliphatic heterocycles. The number of anilines is 1. The van der Waals surface area contributed by atoms with Gasteiger partial charge in [-0.1, -0.05) is 28.9 Å². The lowest BCUT2D eigenvalue weighted by molar-refractivity contribution is 0.0342. The molecule has 0 atom stereocenters. The number of nitrogens with zero attached hydrogens (tertiary/aromatic N) is 5. The highest BCUT2D eigenvalue weighted by Crippen LogP contribution is 2.31. The van der Waals surface area contributed by atoms with Gasteiger partial charge in [-0.15, -0.1) is 5.10 Å². The highest BCUT2D eigenvalue weighted by molar-refractivity contribution is 6.31. The third kappa shape index (κ3) is 4.42. The van der Waals surface area contributed by atoms with E-state index in [2.05, 4.69) is 46.2 Å². The Kier molecular flexibility index (Phi) is 5.80. The Morgan fingerprint density at radius 1 is 1.17 bits per heavy atom. The first-order valence-electron chi connectivity index (χ1n) is 9.78. The molecule has 152 valence electrons. The number of benzene rings is 1. The number of morpholine rings is 1. The Balaban J connectivity index is 1.60. The minimum atomic E-state index is 0.228. The highest BCUT2D eigenvalue weighted by Gasteiger charge is 2.15. The van der Waals surface area contributed by atoms with E-state index in [4.69, 9.17) is 22.1 Å². The number of rotatable bonds is 5. The zero-order valence-electron chi connectivity index (χ0n) is 16.7. The molecule has 7 nitrogen and oxygen atoms in total. The summed E-state index contributed by atoms with van der Waals surface area (Å²) in [5, 5.41) is 9.16. The molecule has 29 heavy (non-hydrogen) atoms. The van der Waals surface area contributed by atoms with Gasteiger partial charge in [0.1, 0.15) is 11.5 Å². The first-order chi connectivity index (χ1) is 14.0. The standard InChI is InChI=1S/C21H25ClN6O/c1-14(2)28-13-20(25-26-28)18-9-17(11-24-21(18)23)15-3-4-16(19(22)10-15)12-27-5-7-29-8-6-27/h3-4,9-11,13-14H,5-8,12H2,1-2H3,(H2,23,24). The predicted molar refractivity (Wildman–Crippen MR) is 115 cm³/mol. The molecule has 1 fully saturated rings. The van der Waals surface area contributed by atoms with E-state index >= 15 is 0 Å². The zero-order valence-corrected chi connectivity index (χ0v) is 17.4. The van der Waals surface area contributed by atoms with Crippen LogP contribution in [0.3, 0.4) is 0 Å². The monoisotopic (exact) mass is 412 g/mol. The fourth-order valence-electron chi connectivity index (χ4n) is 3.35. The van der Waals surface area contributed by atoms with Gasteiger partial charge >= 0.3 is 0 Å². The van der Waals surface area contributed by atoms with Crippen LogP contribution in [0.5, 0.6) is 0 Å². The van der Waals surface area contributed by atoms with Crippen LogP contribution in [-0.2, 0) is 11.3 Å². The molecule has 0 aliphatic carbocycles. The lowest BCUT2D eigenvalue weighted by atomic mass is 10.0. The van der Waals surface area contributed by atoms with Crippen LogP contribution in [0.25, 0.3) is 22.4 Å². The van der Waals surface area contributed by atoms with Crippen LogP contribution in [0, 0.1) is 0 Å². The van der Waals surface area contributed by atoms with E-state index < -0.39 is 0 Å². The maximum absolute atomic E-state index is 6.60. The van der Waals surface area contributed by atoms with Gasteiger partial charge in [0.05, 0.1) is 19.4 Å². The number of hydrogen-bond donors (Lipinski definition) is 1. The van der Waals surface area contributed by atoms with Crippen molar-refractivity contribution in [1.82, 2.24) is 24.9 Å². The molecule has 4 rings (SSSR count). The first kappa shape index (κ1) is 19.8. The second-order valence-electron chi connectivity index (χ2n) is 7.53. The molecule has 3 heterocycles. The van der Waals surface area contributed by atoms with Crippen LogP contribution >= 0.6 is 11.6 Å². The lowest BCUT2D eigenvalue weighted by Gasteiger charge is -2.27. The fraction of sp³-hybridized carbons (Fsp3) is 0.381. The van der Waals surface area contributed by atoms with Crippen molar-refractivity contribution in [2.75, 3.05) is 32.0 Å². The molecule has 1 saturated heterocycles. The van der Waals surface area contributed by atoms with Crippen molar-refractivity contribution in [3.63, 3.8) is 0 Å². The van der Waals surface area contributed by atoms with Gasteiger partial charge in [-0.25, -0.2) is 9.67 Å².